The van der Waals surface area contributed by atoms with Crippen LogP contribution in [0.25, 0.3) is 0 Å². The summed E-state index contributed by atoms with van der Waals surface area (Å²) in [5, 5.41) is 11.6. The molecule has 0 aromatic rings. The van der Waals surface area contributed by atoms with Crippen LogP contribution in [0.5, 0.6) is 0 Å². The zero-order chi connectivity index (χ0) is 18.3. The van der Waals surface area contributed by atoms with Crippen LogP contribution in [0, 0.1) is 5.41 Å². The van der Waals surface area contributed by atoms with Gasteiger partial charge in [0.2, 0.25) is 0 Å². The molecule has 0 saturated carbocycles. The molecule has 0 bridgehead atoms. The van der Waals surface area contributed by atoms with Crippen molar-refractivity contribution in [2.45, 2.75) is 32.2 Å². The largest absolute Gasteiger partial charge is 0.479 e. The Morgan fingerprint density at radius 2 is 2.00 bits per heavy atom. The van der Waals surface area contributed by atoms with Crippen LogP contribution >= 0.6 is 0 Å². The Bertz CT molecular complexity index is 717. The molecule has 0 aromatic carbocycles. The van der Waals surface area contributed by atoms with Crippen molar-refractivity contribution in [2.75, 3.05) is 19.4 Å². The molecule has 134 valence electrons. The minimum Gasteiger partial charge on any atom is -0.479 e. The fourth-order valence-corrected chi connectivity index (χ4v) is 3.43. The Kier molecular flexibility index (Phi) is 4.49. The first kappa shape index (κ1) is 18.4. The van der Waals surface area contributed by atoms with Crippen LogP contribution in [0.4, 0.5) is 0 Å². The van der Waals surface area contributed by atoms with E-state index in [1.54, 1.807) is 6.92 Å². The summed E-state index contributed by atoms with van der Waals surface area (Å²) < 4.78 is 26.9. The lowest BCUT2D eigenvalue weighted by atomic mass is 9.80. The molecule has 2 amide bonds. The van der Waals surface area contributed by atoms with Crippen molar-refractivity contribution in [3.8, 4) is 0 Å². The van der Waals surface area contributed by atoms with Gasteiger partial charge in [0.15, 0.2) is 5.54 Å². The minimum atomic E-state index is -3.70. The van der Waals surface area contributed by atoms with Gasteiger partial charge in [-0.2, -0.15) is 8.42 Å². The predicted octanol–water partition coefficient (Wildman–Crippen LogP) is -0.252. The number of carbonyl (C=O) groups excluding carboxylic acids is 2. The molecule has 2 aliphatic heterocycles. The number of nitrogens with zero attached hydrogens (tertiary/aromatic N) is 2. The highest BCUT2D eigenvalue weighted by atomic mass is 32.2. The van der Waals surface area contributed by atoms with Gasteiger partial charge in [-0.1, -0.05) is 13.0 Å². The van der Waals surface area contributed by atoms with E-state index in [4.69, 9.17) is 0 Å². The molecule has 24 heavy (non-hydrogen) atoms. The summed E-state index contributed by atoms with van der Waals surface area (Å²) >= 11 is 0. The molecule has 1 N–H and O–H groups in total. The van der Waals surface area contributed by atoms with Gasteiger partial charge in [-0.25, -0.2) is 14.8 Å². The molecule has 2 rings (SSSR count). The number of fused-ring (bicyclic) bond motifs is 1. The maximum absolute atomic E-state index is 12.9. The molecule has 2 atom stereocenters. The van der Waals surface area contributed by atoms with Crippen LogP contribution in [-0.2, 0) is 28.7 Å². The first-order chi connectivity index (χ1) is 11.0. The Labute approximate surface area is 139 Å². The molecule has 9 nitrogen and oxygen atoms in total. The van der Waals surface area contributed by atoms with Crippen LogP contribution in [0.15, 0.2) is 12.2 Å². The summed E-state index contributed by atoms with van der Waals surface area (Å²) in [4.78, 5) is 37.4. The molecule has 0 aromatic heterocycles. The number of rotatable bonds is 6. The topological polar surface area (TPSA) is 121 Å². The van der Waals surface area contributed by atoms with Crippen molar-refractivity contribution in [1.82, 2.24) is 10.0 Å². The van der Waals surface area contributed by atoms with Gasteiger partial charge < -0.3 is 5.11 Å². The van der Waals surface area contributed by atoms with E-state index in [9.17, 15) is 27.9 Å². The second-order valence-electron chi connectivity index (χ2n) is 6.07. The summed E-state index contributed by atoms with van der Waals surface area (Å²) in [7, 11) is -3.70. The van der Waals surface area contributed by atoms with E-state index in [1.165, 1.54) is 19.1 Å². The molecule has 0 spiro atoms. The fraction of sp³-hybridized carbons (Fsp3) is 0.643. The number of amides is 2. The van der Waals surface area contributed by atoms with Crippen LogP contribution < -0.4 is 0 Å². The summed E-state index contributed by atoms with van der Waals surface area (Å²) in [6.45, 7) is 2.72. The lowest BCUT2D eigenvalue weighted by Gasteiger charge is -2.40. The van der Waals surface area contributed by atoms with Crippen molar-refractivity contribution in [1.29, 1.82) is 0 Å². The molecule has 10 heteroatoms. The van der Waals surface area contributed by atoms with Gasteiger partial charge >= 0.3 is 5.97 Å². The molecule has 2 aliphatic rings. The molecule has 1 fully saturated rings. The molecule has 1 saturated heterocycles. The van der Waals surface area contributed by atoms with Gasteiger partial charge in [-0.05, 0) is 25.8 Å². The number of carboxylic acid groups (broad SMARTS) is 1. The fourth-order valence-electron chi connectivity index (χ4n) is 3.04. The predicted molar refractivity (Wildman–Crippen MR) is 81.9 cm³/mol. The van der Waals surface area contributed by atoms with Crippen LogP contribution in [0.3, 0.4) is 0 Å². The number of carboxylic acids is 1. The standard InChI is InChI=1S/C14H20N2O7S/c1-4-14(7-9-23-24(3,21)22)10(17)15-8-5-6-13(2,12(19)20)16(15)11(14)18/h5-6H,4,7-9H2,1-3H3,(H,19,20). The highest BCUT2D eigenvalue weighted by Gasteiger charge is 2.63. The maximum Gasteiger partial charge on any atom is 0.335 e. The second-order valence-corrected chi connectivity index (χ2v) is 7.71. The average Bonchev–Trinajstić information content (AvgIpc) is 2.69. The zero-order valence-corrected chi connectivity index (χ0v) is 14.5. The Morgan fingerprint density at radius 3 is 2.50 bits per heavy atom. The first-order valence-corrected chi connectivity index (χ1v) is 9.23. The lowest BCUT2D eigenvalue weighted by molar-refractivity contribution is -0.171. The number of hydrogen-bond donors (Lipinski definition) is 1. The molecular formula is C14H20N2O7S. The summed E-state index contributed by atoms with van der Waals surface area (Å²) in [5.74, 6) is -2.45. The Balaban J connectivity index is 2.38. The van der Waals surface area contributed by atoms with Crippen molar-refractivity contribution in [3.05, 3.63) is 12.2 Å². The van der Waals surface area contributed by atoms with E-state index in [0.29, 0.717) is 0 Å². The number of carbonyl (C=O) groups is 3. The van der Waals surface area contributed by atoms with Crippen LogP contribution in [0.1, 0.15) is 26.7 Å². The van der Waals surface area contributed by atoms with Crippen LogP contribution in [-0.4, -0.2) is 66.3 Å². The highest BCUT2D eigenvalue weighted by Crippen LogP contribution is 2.43. The van der Waals surface area contributed by atoms with E-state index >= 15 is 0 Å². The third kappa shape index (κ3) is 2.69. The van der Waals surface area contributed by atoms with E-state index in [-0.39, 0.29) is 26.0 Å². The Morgan fingerprint density at radius 1 is 1.38 bits per heavy atom. The van der Waals surface area contributed by atoms with E-state index < -0.39 is 38.9 Å². The van der Waals surface area contributed by atoms with Gasteiger partial charge in [-0.15, -0.1) is 0 Å². The highest BCUT2D eigenvalue weighted by molar-refractivity contribution is 7.85. The van der Waals surface area contributed by atoms with Crippen molar-refractivity contribution < 1.29 is 32.1 Å². The third-order valence-corrected chi connectivity index (χ3v) is 5.11. The average molecular weight is 360 g/mol. The third-order valence-electron chi connectivity index (χ3n) is 4.51. The number of aliphatic carboxylic acids is 1. The van der Waals surface area contributed by atoms with E-state index in [1.807, 2.05) is 0 Å². The summed E-state index contributed by atoms with van der Waals surface area (Å²) in [6, 6.07) is 0. The maximum atomic E-state index is 12.9. The van der Waals surface area contributed by atoms with E-state index in [2.05, 4.69) is 4.18 Å². The van der Waals surface area contributed by atoms with Crippen molar-refractivity contribution >= 4 is 27.9 Å². The molecule has 0 radical (unpaired) electrons. The van der Waals surface area contributed by atoms with Crippen molar-refractivity contribution in [2.24, 2.45) is 5.41 Å². The number of hydrogen-bond acceptors (Lipinski definition) is 6. The Hall–Kier alpha value is -1.94. The zero-order valence-electron chi connectivity index (χ0n) is 13.7. The molecule has 2 unspecified atom stereocenters. The smallest absolute Gasteiger partial charge is 0.335 e. The SMILES string of the molecule is CCC1(CCOS(C)(=O)=O)C(=O)N2CC=CC(C)(C(=O)O)N2C1=O. The summed E-state index contributed by atoms with van der Waals surface area (Å²) in [5.41, 5.74) is -3.19. The minimum absolute atomic E-state index is 0.0854. The van der Waals surface area contributed by atoms with E-state index in [0.717, 1.165) is 16.3 Å². The van der Waals surface area contributed by atoms with Gasteiger partial charge in [0, 0.05) is 0 Å². The first-order valence-electron chi connectivity index (χ1n) is 7.41. The molecular weight excluding hydrogens is 340 g/mol. The van der Waals surface area contributed by atoms with Gasteiger partial charge in [0.25, 0.3) is 21.9 Å². The lowest BCUT2D eigenvalue weighted by Crippen LogP contribution is -2.60. The monoisotopic (exact) mass is 360 g/mol. The second kappa shape index (κ2) is 5.85. The molecule has 0 aliphatic carbocycles. The van der Waals surface area contributed by atoms with Gasteiger partial charge in [-0.3, -0.25) is 13.8 Å². The summed E-state index contributed by atoms with van der Waals surface area (Å²) in [6.07, 6.45) is 3.74. The molecule has 2 heterocycles. The normalized spacial score (nSPS) is 30.0. The van der Waals surface area contributed by atoms with Gasteiger partial charge in [0.05, 0.1) is 19.4 Å². The number of hydrazine groups is 1. The van der Waals surface area contributed by atoms with Crippen molar-refractivity contribution in [3.63, 3.8) is 0 Å². The van der Waals surface area contributed by atoms with Crippen LogP contribution in [0.2, 0.25) is 0 Å². The van der Waals surface area contributed by atoms with Gasteiger partial charge in [0.1, 0.15) is 5.41 Å². The quantitative estimate of drug-likeness (QED) is 0.394.